The lowest BCUT2D eigenvalue weighted by Crippen LogP contribution is -2.28. The summed E-state index contributed by atoms with van der Waals surface area (Å²) < 4.78 is 0. The van der Waals surface area contributed by atoms with Gasteiger partial charge in [-0.25, -0.2) is 0 Å². The van der Waals surface area contributed by atoms with Crippen LogP contribution in [0.2, 0.25) is 0 Å². The molecule has 0 atom stereocenters. The molecular weight excluding hydrogens is 232 g/mol. The summed E-state index contributed by atoms with van der Waals surface area (Å²) in [6.07, 6.45) is 0. The number of hydrogen-bond acceptors (Lipinski definition) is 8. The first kappa shape index (κ1) is 11.3. The summed E-state index contributed by atoms with van der Waals surface area (Å²) in [6.45, 7) is 5.14. The average molecular weight is 250 g/mol. The van der Waals surface area contributed by atoms with Crippen LogP contribution in [0.3, 0.4) is 0 Å². The maximum Gasteiger partial charge on any atom is 0.224 e. The number of nitrogen functional groups attached to an aromatic ring is 2. The van der Waals surface area contributed by atoms with Crippen molar-refractivity contribution in [3.63, 3.8) is 0 Å². The van der Waals surface area contributed by atoms with Crippen LogP contribution in [0.4, 0.5) is 23.3 Å². The second-order valence-corrected chi connectivity index (χ2v) is 4.49. The molecule has 3 rings (SSSR count). The van der Waals surface area contributed by atoms with Gasteiger partial charge in [-0.2, -0.15) is 9.97 Å². The average Bonchev–Trinajstić information content (AvgIpc) is 3.02. The van der Waals surface area contributed by atoms with Crippen LogP contribution in [-0.4, -0.2) is 49.5 Å². The van der Waals surface area contributed by atoms with E-state index in [0.717, 1.165) is 51.2 Å². The fourth-order valence-corrected chi connectivity index (χ4v) is 2.32. The lowest BCUT2D eigenvalue weighted by atomic mass is 10.3. The fourth-order valence-electron chi connectivity index (χ4n) is 2.32. The smallest absolute Gasteiger partial charge is 0.224 e. The highest BCUT2D eigenvalue weighted by Crippen LogP contribution is 2.31. The highest BCUT2D eigenvalue weighted by atomic mass is 15.4. The van der Waals surface area contributed by atoms with Gasteiger partial charge in [0.25, 0.3) is 0 Å². The predicted molar refractivity (Wildman–Crippen MR) is 71.3 cm³/mol. The van der Waals surface area contributed by atoms with E-state index in [1.54, 1.807) is 0 Å². The minimum atomic E-state index is 0.271. The number of anilines is 4. The van der Waals surface area contributed by atoms with Gasteiger partial charge in [-0.1, -0.05) is 0 Å². The van der Waals surface area contributed by atoms with Gasteiger partial charge in [-0.15, -0.1) is 0 Å². The van der Waals surface area contributed by atoms with Crippen LogP contribution in [-0.2, 0) is 0 Å². The Bertz CT molecular complexity index is 398. The van der Waals surface area contributed by atoms with E-state index in [0.29, 0.717) is 5.69 Å². The Morgan fingerprint density at radius 1 is 0.889 bits per heavy atom. The van der Waals surface area contributed by atoms with Crippen LogP contribution in [0.5, 0.6) is 0 Å². The van der Waals surface area contributed by atoms with Crippen molar-refractivity contribution in [3.05, 3.63) is 0 Å². The molecule has 18 heavy (non-hydrogen) atoms. The van der Waals surface area contributed by atoms with Gasteiger partial charge < -0.3 is 21.3 Å². The molecule has 1 aromatic heterocycles. The van der Waals surface area contributed by atoms with Crippen LogP contribution >= 0.6 is 0 Å². The van der Waals surface area contributed by atoms with Crippen LogP contribution in [0, 0.1) is 0 Å². The van der Waals surface area contributed by atoms with Crippen molar-refractivity contribution in [2.75, 3.05) is 60.8 Å². The largest absolute Gasteiger partial charge is 0.393 e. The molecule has 0 saturated carbocycles. The van der Waals surface area contributed by atoms with E-state index in [2.05, 4.69) is 30.4 Å². The van der Waals surface area contributed by atoms with Crippen LogP contribution in [0.1, 0.15) is 0 Å². The minimum Gasteiger partial charge on any atom is -0.393 e. The molecule has 2 aliphatic heterocycles. The third-order valence-electron chi connectivity index (χ3n) is 3.24. The summed E-state index contributed by atoms with van der Waals surface area (Å²) in [4.78, 5) is 12.7. The number of hydrogen-bond donors (Lipinski definition) is 4. The highest BCUT2D eigenvalue weighted by molar-refractivity contribution is 5.77. The molecule has 1 aromatic rings. The van der Waals surface area contributed by atoms with E-state index in [-0.39, 0.29) is 5.95 Å². The lowest BCUT2D eigenvalue weighted by molar-refractivity contribution is 0.840. The Labute approximate surface area is 105 Å². The first-order chi connectivity index (χ1) is 8.75. The second-order valence-electron chi connectivity index (χ2n) is 4.49. The van der Waals surface area contributed by atoms with E-state index in [1.165, 1.54) is 0 Å². The Balaban J connectivity index is 1.98. The number of nitrogens with one attached hydrogen (secondary N) is 2. The molecule has 3 heterocycles. The van der Waals surface area contributed by atoms with Gasteiger partial charge in [0.2, 0.25) is 5.95 Å². The molecule has 0 aliphatic carbocycles. The number of rotatable bonds is 2. The topological polar surface area (TPSA) is 108 Å². The van der Waals surface area contributed by atoms with Gasteiger partial charge in [0.05, 0.1) is 13.3 Å². The summed E-state index contributed by atoms with van der Waals surface area (Å²) in [7, 11) is 0. The van der Waals surface area contributed by atoms with Crippen molar-refractivity contribution in [2.24, 2.45) is 0 Å². The van der Waals surface area contributed by atoms with Gasteiger partial charge in [-0.3, -0.25) is 10.6 Å². The van der Waals surface area contributed by atoms with E-state index in [4.69, 9.17) is 11.5 Å². The monoisotopic (exact) mass is 250 g/mol. The maximum atomic E-state index is 6.19. The Morgan fingerprint density at radius 2 is 1.39 bits per heavy atom. The van der Waals surface area contributed by atoms with Crippen LogP contribution in [0.25, 0.3) is 0 Å². The molecule has 0 aromatic carbocycles. The van der Waals surface area contributed by atoms with Gasteiger partial charge in [-0.05, 0) is 0 Å². The third-order valence-corrected chi connectivity index (χ3v) is 3.24. The molecule has 0 spiro atoms. The van der Waals surface area contributed by atoms with E-state index in [1.807, 2.05) is 0 Å². The molecule has 8 heteroatoms. The summed E-state index contributed by atoms with van der Waals surface area (Å²) in [6, 6.07) is 0. The number of aromatic nitrogens is 2. The van der Waals surface area contributed by atoms with Crippen molar-refractivity contribution in [3.8, 4) is 0 Å². The predicted octanol–water partition coefficient (Wildman–Crippen LogP) is -1.62. The number of nitrogens with zero attached hydrogens (tertiary/aromatic N) is 4. The molecule has 0 radical (unpaired) electrons. The molecule has 0 amide bonds. The molecule has 2 saturated heterocycles. The zero-order chi connectivity index (χ0) is 12.5. The molecule has 2 fully saturated rings. The molecule has 0 unspecified atom stereocenters. The summed E-state index contributed by atoms with van der Waals surface area (Å²) in [5.41, 5.74) is 12.6. The third kappa shape index (κ3) is 1.89. The van der Waals surface area contributed by atoms with Crippen molar-refractivity contribution in [1.29, 1.82) is 0 Å². The highest BCUT2D eigenvalue weighted by Gasteiger charge is 2.23. The van der Waals surface area contributed by atoms with Crippen molar-refractivity contribution in [2.45, 2.75) is 0 Å². The minimum absolute atomic E-state index is 0.271. The standard InChI is InChI=1S/C10H18N8/c11-7-8(17-3-1-13-5-17)15-10(12)16-9(7)18-4-2-14-6-18/h13-14H,1-6,11H2,(H2,12,15,16). The Hall–Kier alpha value is -1.80. The molecule has 6 N–H and O–H groups in total. The van der Waals surface area contributed by atoms with Gasteiger partial charge in [0.1, 0.15) is 5.69 Å². The maximum absolute atomic E-state index is 6.19. The summed E-state index contributed by atoms with van der Waals surface area (Å²) >= 11 is 0. The van der Waals surface area contributed by atoms with Gasteiger partial charge in [0, 0.05) is 26.2 Å². The number of nitrogens with two attached hydrogens (primary N) is 2. The summed E-state index contributed by atoms with van der Waals surface area (Å²) in [5, 5.41) is 6.50. The first-order valence-electron chi connectivity index (χ1n) is 6.10. The van der Waals surface area contributed by atoms with E-state index in [9.17, 15) is 0 Å². The molecule has 98 valence electrons. The van der Waals surface area contributed by atoms with Gasteiger partial charge >= 0.3 is 0 Å². The normalized spacial score (nSPS) is 19.8. The van der Waals surface area contributed by atoms with Gasteiger partial charge in [0.15, 0.2) is 11.6 Å². The fraction of sp³-hybridized carbons (Fsp3) is 0.600. The van der Waals surface area contributed by atoms with Crippen molar-refractivity contribution >= 4 is 23.3 Å². The van der Waals surface area contributed by atoms with Crippen molar-refractivity contribution in [1.82, 2.24) is 20.6 Å². The molecule has 8 nitrogen and oxygen atoms in total. The zero-order valence-electron chi connectivity index (χ0n) is 10.2. The quantitative estimate of drug-likeness (QED) is 0.496. The van der Waals surface area contributed by atoms with E-state index < -0.39 is 0 Å². The Kier molecular flexibility index (Phi) is 2.80. The SMILES string of the molecule is Nc1nc(N2CCNC2)c(N)c(N2CCNC2)n1. The summed E-state index contributed by atoms with van der Waals surface area (Å²) in [5.74, 6) is 1.73. The Morgan fingerprint density at radius 3 is 1.78 bits per heavy atom. The first-order valence-corrected chi connectivity index (χ1v) is 6.10. The molecule has 2 aliphatic rings. The van der Waals surface area contributed by atoms with Crippen LogP contribution in [0.15, 0.2) is 0 Å². The molecular formula is C10H18N8. The second kappa shape index (κ2) is 4.46. The van der Waals surface area contributed by atoms with Crippen molar-refractivity contribution < 1.29 is 0 Å². The van der Waals surface area contributed by atoms with E-state index >= 15 is 0 Å². The van der Waals surface area contributed by atoms with Crippen LogP contribution < -0.4 is 31.9 Å². The molecule has 0 bridgehead atoms. The zero-order valence-corrected chi connectivity index (χ0v) is 10.2. The lowest BCUT2D eigenvalue weighted by Gasteiger charge is -2.23.